The lowest BCUT2D eigenvalue weighted by Gasteiger charge is -2.26. The first-order valence-corrected chi connectivity index (χ1v) is 9.69. The molecule has 2 aromatic carbocycles. The lowest BCUT2D eigenvalue weighted by Crippen LogP contribution is -2.44. The average molecular weight is 405 g/mol. The van der Waals surface area contributed by atoms with E-state index in [4.69, 9.17) is 10.5 Å². The van der Waals surface area contributed by atoms with Gasteiger partial charge in [0.2, 0.25) is 0 Å². The Morgan fingerprint density at radius 1 is 1.04 bits per heavy atom. The van der Waals surface area contributed by atoms with E-state index in [-0.39, 0.29) is 12.4 Å². The molecule has 2 aromatic rings. The van der Waals surface area contributed by atoms with E-state index >= 15 is 0 Å². The molecule has 0 aromatic heterocycles. The molecule has 0 heterocycles. The monoisotopic (exact) mass is 404 g/mol. The summed E-state index contributed by atoms with van der Waals surface area (Å²) in [7, 11) is 0. The number of carbonyl (C=O) groups is 1. The average Bonchev–Trinajstić information content (AvgIpc) is 2.70. The van der Waals surface area contributed by atoms with Crippen molar-refractivity contribution in [2.75, 3.05) is 5.32 Å². The highest BCUT2D eigenvalue weighted by Crippen LogP contribution is 2.28. The van der Waals surface area contributed by atoms with Crippen LogP contribution >= 0.6 is 12.4 Å². The Bertz CT molecular complexity index is 718. The zero-order valence-corrected chi connectivity index (χ0v) is 16.7. The summed E-state index contributed by atoms with van der Waals surface area (Å²) in [4.78, 5) is 12.3. The van der Waals surface area contributed by atoms with E-state index in [1.54, 1.807) is 24.3 Å². The SMILES string of the molecule is Cl.N[C@H](CC1CCCCC1)C(O)C(=O)Nc1ccc(Oc2ccccc2)cc1. The molecule has 1 unspecified atom stereocenters. The third-order valence-electron chi connectivity index (χ3n) is 5.11. The Balaban J connectivity index is 0.00000280. The highest BCUT2D eigenvalue weighted by molar-refractivity contribution is 5.94. The fourth-order valence-corrected chi connectivity index (χ4v) is 3.58. The van der Waals surface area contributed by atoms with E-state index in [0.717, 1.165) is 18.6 Å². The van der Waals surface area contributed by atoms with E-state index in [0.29, 0.717) is 23.8 Å². The Morgan fingerprint density at radius 3 is 2.29 bits per heavy atom. The van der Waals surface area contributed by atoms with Gasteiger partial charge in [0.15, 0.2) is 0 Å². The number of amides is 1. The van der Waals surface area contributed by atoms with E-state index in [1.165, 1.54) is 19.3 Å². The zero-order chi connectivity index (χ0) is 19.1. The van der Waals surface area contributed by atoms with Gasteiger partial charge >= 0.3 is 0 Å². The van der Waals surface area contributed by atoms with Crippen molar-refractivity contribution in [2.45, 2.75) is 50.7 Å². The zero-order valence-electron chi connectivity index (χ0n) is 15.9. The molecule has 3 rings (SSSR count). The highest BCUT2D eigenvalue weighted by Gasteiger charge is 2.26. The molecule has 0 bridgehead atoms. The van der Waals surface area contributed by atoms with Crippen LogP contribution in [0.25, 0.3) is 0 Å². The quantitative estimate of drug-likeness (QED) is 0.634. The van der Waals surface area contributed by atoms with E-state index in [2.05, 4.69) is 5.32 Å². The summed E-state index contributed by atoms with van der Waals surface area (Å²) in [5.41, 5.74) is 6.68. The van der Waals surface area contributed by atoms with Crippen LogP contribution in [0.4, 0.5) is 5.69 Å². The second-order valence-corrected chi connectivity index (χ2v) is 7.28. The molecule has 1 aliphatic rings. The topological polar surface area (TPSA) is 84.6 Å². The van der Waals surface area contributed by atoms with E-state index in [9.17, 15) is 9.90 Å². The molecule has 1 saturated carbocycles. The second-order valence-electron chi connectivity index (χ2n) is 7.28. The van der Waals surface area contributed by atoms with Crippen molar-refractivity contribution in [3.63, 3.8) is 0 Å². The van der Waals surface area contributed by atoms with E-state index in [1.807, 2.05) is 30.3 Å². The van der Waals surface area contributed by atoms with Crippen molar-refractivity contribution in [3.05, 3.63) is 54.6 Å². The van der Waals surface area contributed by atoms with Crippen LogP contribution < -0.4 is 15.8 Å². The normalized spacial score (nSPS) is 16.5. The molecule has 0 saturated heterocycles. The Morgan fingerprint density at radius 2 is 1.64 bits per heavy atom. The van der Waals surface area contributed by atoms with Crippen molar-refractivity contribution in [1.82, 2.24) is 0 Å². The Kier molecular flexibility index (Phi) is 8.77. The van der Waals surface area contributed by atoms with Gasteiger partial charge in [-0.1, -0.05) is 50.3 Å². The van der Waals surface area contributed by atoms with Gasteiger partial charge in [-0.2, -0.15) is 0 Å². The number of aliphatic hydroxyl groups excluding tert-OH is 1. The van der Waals surface area contributed by atoms with Crippen molar-refractivity contribution >= 4 is 24.0 Å². The minimum absolute atomic E-state index is 0. The molecule has 1 fully saturated rings. The molecule has 5 nitrogen and oxygen atoms in total. The van der Waals surface area contributed by atoms with Gasteiger partial charge in [0, 0.05) is 11.7 Å². The van der Waals surface area contributed by atoms with Crippen LogP contribution in [0.2, 0.25) is 0 Å². The maximum atomic E-state index is 12.3. The molecular weight excluding hydrogens is 376 g/mol. The van der Waals surface area contributed by atoms with Crippen molar-refractivity contribution in [2.24, 2.45) is 11.7 Å². The molecule has 4 N–H and O–H groups in total. The number of carbonyl (C=O) groups excluding carboxylic acids is 1. The molecule has 1 amide bonds. The third-order valence-corrected chi connectivity index (χ3v) is 5.11. The van der Waals surface area contributed by atoms with Gasteiger partial charge in [-0.25, -0.2) is 0 Å². The van der Waals surface area contributed by atoms with E-state index < -0.39 is 18.1 Å². The van der Waals surface area contributed by atoms with Crippen LogP contribution in [0.15, 0.2) is 54.6 Å². The predicted molar refractivity (Wildman–Crippen MR) is 114 cm³/mol. The highest BCUT2D eigenvalue weighted by atomic mass is 35.5. The minimum Gasteiger partial charge on any atom is -0.457 e. The largest absolute Gasteiger partial charge is 0.457 e. The van der Waals surface area contributed by atoms with Crippen LogP contribution in [-0.4, -0.2) is 23.2 Å². The van der Waals surface area contributed by atoms with Gasteiger partial charge in [0.25, 0.3) is 5.91 Å². The number of nitrogens with two attached hydrogens (primary N) is 1. The van der Waals surface area contributed by atoms with Crippen LogP contribution in [0.5, 0.6) is 11.5 Å². The maximum Gasteiger partial charge on any atom is 0.254 e. The van der Waals surface area contributed by atoms with Crippen LogP contribution in [0, 0.1) is 5.92 Å². The molecule has 6 heteroatoms. The van der Waals surface area contributed by atoms with Gasteiger partial charge in [0.1, 0.15) is 17.6 Å². The number of ether oxygens (including phenoxy) is 1. The summed E-state index contributed by atoms with van der Waals surface area (Å²) in [6.45, 7) is 0. The number of aliphatic hydroxyl groups is 1. The first-order chi connectivity index (χ1) is 13.1. The molecule has 2 atom stereocenters. The fraction of sp³-hybridized carbons (Fsp3) is 0.409. The van der Waals surface area contributed by atoms with Crippen molar-refractivity contribution in [3.8, 4) is 11.5 Å². The number of anilines is 1. The van der Waals surface area contributed by atoms with Crippen LogP contribution in [0.3, 0.4) is 0 Å². The second kappa shape index (κ2) is 11.1. The Labute approximate surface area is 172 Å². The Hall–Kier alpha value is -2.08. The lowest BCUT2D eigenvalue weighted by molar-refractivity contribution is -0.125. The molecular formula is C22H29ClN2O3. The van der Waals surface area contributed by atoms with Gasteiger partial charge in [-0.15, -0.1) is 12.4 Å². The number of hydrogen-bond acceptors (Lipinski definition) is 4. The van der Waals surface area contributed by atoms with Gasteiger partial charge in [-0.3, -0.25) is 4.79 Å². The standard InChI is InChI=1S/C22H28N2O3.ClH/c23-20(15-16-7-3-1-4-8-16)21(25)22(26)24-17-11-13-19(14-12-17)27-18-9-5-2-6-10-18;/h2,5-6,9-14,16,20-21,25H,1,3-4,7-8,15,23H2,(H,24,26);1H/t20-,21?;/m1./s1. The summed E-state index contributed by atoms with van der Waals surface area (Å²) < 4.78 is 5.73. The molecule has 0 aliphatic heterocycles. The van der Waals surface area contributed by atoms with Crippen LogP contribution in [0.1, 0.15) is 38.5 Å². The summed E-state index contributed by atoms with van der Waals surface area (Å²) in [5, 5.41) is 13.0. The maximum absolute atomic E-state index is 12.3. The first kappa shape index (κ1) is 22.2. The smallest absolute Gasteiger partial charge is 0.254 e. The van der Waals surface area contributed by atoms with Gasteiger partial charge < -0.3 is 20.9 Å². The molecule has 152 valence electrons. The first-order valence-electron chi connectivity index (χ1n) is 9.69. The number of halogens is 1. The number of rotatable bonds is 7. The van der Waals surface area contributed by atoms with Crippen molar-refractivity contribution < 1.29 is 14.6 Å². The number of para-hydroxylation sites is 1. The lowest BCUT2D eigenvalue weighted by atomic mass is 9.84. The third kappa shape index (κ3) is 6.51. The molecule has 0 radical (unpaired) electrons. The number of benzene rings is 2. The minimum atomic E-state index is -1.20. The fourth-order valence-electron chi connectivity index (χ4n) is 3.58. The summed E-state index contributed by atoms with van der Waals surface area (Å²) in [6.07, 6.45) is 5.49. The van der Waals surface area contributed by atoms with Crippen LogP contribution in [-0.2, 0) is 4.79 Å². The molecule has 28 heavy (non-hydrogen) atoms. The van der Waals surface area contributed by atoms with Crippen molar-refractivity contribution in [1.29, 1.82) is 0 Å². The molecule has 0 spiro atoms. The molecule has 1 aliphatic carbocycles. The number of nitrogens with one attached hydrogen (secondary N) is 1. The van der Waals surface area contributed by atoms with Gasteiger partial charge in [0.05, 0.1) is 0 Å². The van der Waals surface area contributed by atoms with Gasteiger partial charge in [-0.05, 0) is 48.7 Å². The summed E-state index contributed by atoms with van der Waals surface area (Å²) in [6, 6.07) is 16.0. The summed E-state index contributed by atoms with van der Waals surface area (Å²) >= 11 is 0. The number of hydrogen-bond donors (Lipinski definition) is 3. The summed E-state index contributed by atoms with van der Waals surface area (Å²) in [5.74, 6) is 1.48. The predicted octanol–water partition coefficient (Wildman–Crippen LogP) is 4.50.